The van der Waals surface area contributed by atoms with Crippen molar-refractivity contribution in [2.75, 3.05) is 13.2 Å². The van der Waals surface area contributed by atoms with Gasteiger partial charge in [0.05, 0.1) is 0 Å². The van der Waals surface area contributed by atoms with Crippen molar-refractivity contribution in [3.8, 4) is 0 Å². The van der Waals surface area contributed by atoms with Crippen molar-refractivity contribution < 1.29 is 28.6 Å². The zero-order valence-electron chi connectivity index (χ0n) is 41.1. The molecule has 0 N–H and O–H groups in total. The van der Waals surface area contributed by atoms with Crippen LogP contribution in [-0.2, 0) is 28.6 Å². The third-order valence-corrected chi connectivity index (χ3v) is 10.9. The molecule has 0 aromatic rings. The Labute approximate surface area is 388 Å². The number of hydrogen-bond donors (Lipinski definition) is 0. The van der Waals surface area contributed by atoms with Crippen molar-refractivity contribution >= 4 is 17.9 Å². The van der Waals surface area contributed by atoms with E-state index >= 15 is 0 Å². The highest BCUT2D eigenvalue weighted by Gasteiger charge is 2.19. The monoisotopic (exact) mass is 877 g/mol. The van der Waals surface area contributed by atoms with Gasteiger partial charge in [0.25, 0.3) is 0 Å². The lowest BCUT2D eigenvalue weighted by Crippen LogP contribution is -2.30. The molecule has 0 heterocycles. The van der Waals surface area contributed by atoms with Crippen LogP contribution in [0, 0.1) is 0 Å². The van der Waals surface area contributed by atoms with E-state index < -0.39 is 6.10 Å². The van der Waals surface area contributed by atoms with Crippen LogP contribution in [0.2, 0.25) is 0 Å². The van der Waals surface area contributed by atoms with Gasteiger partial charge >= 0.3 is 17.9 Å². The molecule has 0 saturated heterocycles. The van der Waals surface area contributed by atoms with Crippen LogP contribution in [0.4, 0.5) is 0 Å². The fourth-order valence-corrected chi connectivity index (χ4v) is 7.00. The minimum atomic E-state index is -0.797. The highest BCUT2D eigenvalue weighted by Crippen LogP contribution is 2.13. The van der Waals surface area contributed by atoms with Gasteiger partial charge in [-0.25, -0.2) is 0 Å². The lowest BCUT2D eigenvalue weighted by Gasteiger charge is -2.18. The summed E-state index contributed by atoms with van der Waals surface area (Å²) in [5.74, 6) is -0.943. The number of rotatable bonds is 46. The summed E-state index contributed by atoms with van der Waals surface area (Å²) < 4.78 is 16.8. The summed E-state index contributed by atoms with van der Waals surface area (Å²) >= 11 is 0. The van der Waals surface area contributed by atoms with Gasteiger partial charge in [-0.3, -0.25) is 14.4 Å². The molecule has 0 radical (unpaired) electrons. The maximum absolute atomic E-state index is 12.8. The van der Waals surface area contributed by atoms with Gasteiger partial charge in [-0.2, -0.15) is 0 Å². The van der Waals surface area contributed by atoms with E-state index in [0.29, 0.717) is 19.3 Å². The van der Waals surface area contributed by atoms with Crippen LogP contribution in [0.15, 0.2) is 85.1 Å². The quantitative estimate of drug-likeness (QED) is 0.0199. The van der Waals surface area contributed by atoms with Crippen molar-refractivity contribution in [2.45, 2.75) is 245 Å². The Morgan fingerprint density at radius 2 is 0.683 bits per heavy atom. The summed E-state index contributed by atoms with van der Waals surface area (Å²) in [6.07, 6.45) is 65.6. The Hall–Kier alpha value is -3.41. The molecule has 6 nitrogen and oxygen atoms in total. The van der Waals surface area contributed by atoms with Gasteiger partial charge < -0.3 is 14.2 Å². The van der Waals surface area contributed by atoms with Crippen molar-refractivity contribution in [2.24, 2.45) is 0 Å². The standard InChI is InChI=1S/C57H96O6/c1-4-7-10-13-16-19-22-25-27-28-29-31-32-35-38-41-44-47-50-56(59)62-53-54(52-61-55(58)49-46-43-40-37-34-24-21-18-15-12-9-6-3)63-57(60)51-48-45-42-39-36-33-30-26-23-20-17-14-11-8-5-2/h9,12,17-18,20-23,25-29,31,54H,4-8,10-11,13-16,19,24,30,32-53H2,1-3H3/b12-9-,20-17-,21-18-,25-22-,26-23-,28-27-,31-29-. The molecule has 0 aromatic carbocycles. The number of allylic oxidation sites excluding steroid dienone is 14. The maximum Gasteiger partial charge on any atom is 0.306 e. The van der Waals surface area contributed by atoms with Crippen molar-refractivity contribution in [1.29, 1.82) is 0 Å². The summed E-state index contributed by atoms with van der Waals surface area (Å²) in [5.41, 5.74) is 0. The van der Waals surface area contributed by atoms with Crippen LogP contribution in [-0.4, -0.2) is 37.2 Å². The molecule has 0 fully saturated rings. The molecule has 1 unspecified atom stereocenters. The van der Waals surface area contributed by atoms with E-state index in [-0.39, 0.29) is 31.1 Å². The first kappa shape index (κ1) is 59.6. The summed E-state index contributed by atoms with van der Waals surface area (Å²) in [5, 5.41) is 0. The Morgan fingerprint density at radius 1 is 0.349 bits per heavy atom. The highest BCUT2D eigenvalue weighted by molar-refractivity contribution is 5.71. The van der Waals surface area contributed by atoms with E-state index in [1.165, 1.54) is 70.6 Å². The lowest BCUT2D eigenvalue weighted by molar-refractivity contribution is -0.167. The number of unbranched alkanes of at least 4 members (excludes halogenated alkanes) is 24. The lowest BCUT2D eigenvalue weighted by atomic mass is 10.1. The minimum absolute atomic E-state index is 0.0964. The maximum atomic E-state index is 12.8. The zero-order valence-corrected chi connectivity index (χ0v) is 41.1. The number of carbonyl (C=O) groups is 3. The fourth-order valence-electron chi connectivity index (χ4n) is 7.00. The number of carbonyl (C=O) groups excluding carboxylic acids is 3. The molecule has 360 valence electrons. The van der Waals surface area contributed by atoms with Crippen molar-refractivity contribution in [3.05, 3.63) is 85.1 Å². The summed E-state index contributed by atoms with van der Waals surface area (Å²) in [7, 11) is 0. The van der Waals surface area contributed by atoms with Gasteiger partial charge in [-0.15, -0.1) is 0 Å². The molecule has 0 aliphatic carbocycles. The molecule has 6 heteroatoms. The molecule has 0 aliphatic heterocycles. The van der Waals surface area contributed by atoms with Crippen LogP contribution in [0.5, 0.6) is 0 Å². The number of esters is 3. The molecule has 0 bridgehead atoms. The van der Waals surface area contributed by atoms with Gasteiger partial charge in [0.2, 0.25) is 0 Å². The first-order valence-corrected chi connectivity index (χ1v) is 26.1. The Morgan fingerprint density at radius 3 is 1.13 bits per heavy atom. The molecule has 0 aromatic heterocycles. The minimum Gasteiger partial charge on any atom is -0.462 e. The van der Waals surface area contributed by atoms with Crippen LogP contribution < -0.4 is 0 Å². The van der Waals surface area contributed by atoms with Crippen LogP contribution in [0.1, 0.15) is 239 Å². The predicted octanol–water partition coefficient (Wildman–Crippen LogP) is 17.2. The largest absolute Gasteiger partial charge is 0.462 e. The highest BCUT2D eigenvalue weighted by atomic mass is 16.6. The number of ether oxygens (including phenoxy) is 3. The van der Waals surface area contributed by atoms with Crippen LogP contribution in [0.3, 0.4) is 0 Å². The summed E-state index contributed by atoms with van der Waals surface area (Å²) in [6.45, 7) is 6.44. The van der Waals surface area contributed by atoms with Crippen LogP contribution >= 0.6 is 0 Å². The average Bonchev–Trinajstić information content (AvgIpc) is 3.28. The first-order valence-electron chi connectivity index (χ1n) is 26.1. The third kappa shape index (κ3) is 49.5. The fraction of sp³-hybridized carbons (Fsp3) is 0.702. The van der Waals surface area contributed by atoms with Gasteiger partial charge in [0.15, 0.2) is 6.10 Å². The first-order chi connectivity index (χ1) is 31.0. The Bertz CT molecular complexity index is 1240. The van der Waals surface area contributed by atoms with Gasteiger partial charge in [-0.05, 0) is 96.3 Å². The Balaban J connectivity index is 4.45. The third-order valence-electron chi connectivity index (χ3n) is 10.9. The SMILES string of the molecule is CC/C=C\C/C=C\CCCCCCCC(=O)OCC(COC(=O)CCCCCCC\C=C/C=C\C=C/CCCCCCC)OC(=O)CCCCCCCC/C=C\C=C/CCCCC. The van der Waals surface area contributed by atoms with E-state index in [1.807, 2.05) is 0 Å². The summed E-state index contributed by atoms with van der Waals surface area (Å²) in [4.78, 5) is 38.0. The molecule has 0 saturated carbocycles. The molecule has 1 atom stereocenters. The van der Waals surface area contributed by atoms with E-state index in [0.717, 1.165) is 128 Å². The summed E-state index contributed by atoms with van der Waals surface area (Å²) in [6, 6.07) is 0. The van der Waals surface area contributed by atoms with Gasteiger partial charge in [-0.1, -0.05) is 209 Å². The molecule has 0 spiro atoms. The van der Waals surface area contributed by atoms with Crippen LogP contribution in [0.25, 0.3) is 0 Å². The van der Waals surface area contributed by atoms with Crippen molar-refractivity contribution in [3.63, 3.8) is 0 Å². The topological polar surface area (TPSA) is 78.9 Å². The van der Waals surface area contributed by atoms with Gasteiger partial charge in [0, 0.05) is 19.3 Å². The molecule has 0 amide bonds. The number of hydrogen-bond acceptors (Lipinski definition) is 6. The van der Waals surface area contributed by atoms with Crippen molar-refractivity contribution in [1.82, 2.24) is 0 Å². The van der Waals surface area contributed by atoms with E-state index in [1.54, 1.807) is 0 Å². The Kier molecular flexibility index (Phi) is 48.5. The molecule has 63 heavy (non-hydrogen) atoms. The second-order valence-corrected chi connectivity index (χ2v) is 17.1. The zero-order chi connectivity index (χ0) is 45.8. The smallest absolute Gasteiger partial charge is 0.306 e. The molecular formula is C57H96O6. The van der Waals surface area contributed by atoms with Gasteiger partial charge in [0.1, 0.15) is 13.2 Å². The molecule has 0 rings (SSSR count). The second-order valence-electron chi connectivity index (χ2n) is 17.1. The van der Waals surface area contributed by atoms with E-state index in [2.05, 4.69) is 106 Å². The normalized spacial score (nSPS) is 12.7. The molecule has 0 aliphatic rings. The second kappa shape index (κ2) is 51.2. The van der Waals surface area contributed by atoms with E-state index in [9.17, 15) is 14.4 Å². The predicted molar refractivity (Wildman–Crippen MR) is 270 cm³/mol. The van der Waals surface area contributed by atoms with E-state index in [4.69, 9.17) is 14.2 Å². The average molecular weight is 877 g/mol. The molecular weight excluding hydrogens is 781 g/mol.